The van der Waals surface area contributed by atoms with E-state index < -0.39 is 5.97 Å². The SMILES string of the molecule is O=C(O)C1CN(C(=O)CC2CCCCC2)C1. The number of carbonyl (C=O) groups is 2. The number of hydrogen-bond acceptors (Lipinski definition) is 2. The Balaban J connectivity index is 1.71. The smallest absolute Gasteiger partial charge is 0.310 e. The molecule has 2 fully saturated rings. The molecule has 1 saturated heterocycles. The molecule has 0 aromatic rings. The molecule has 0 unspecified atom stereocenters. The molecule has 0 aromatic carbocycles. The first-order valence-corrected chi connectivity index (χ1v) is 6.17. The zero-order chi connectivity index (χ0) is 11.5. The van der Waals surface area contributed by atoms with E-state index in [4.69, 9.17) is 5.11 Å². The summed E-state index contributed by atoms with van der Waals surface area (Å²) in [6, 6.07) is 0. The first-order valence-electron chi connectivity index (χ1n) is 6.17. The Morgan fingerprint density at radius 1 is 1.12 bits per heavy atom. The minimum absolute atomic E-state index is 0.157. The monoisotopic (exact) mass is 225 g/mol. The Morgan fingerprint density at radius 2 is 1.75 bits per heavy atom. The molecule has 16 heavy (non-hydrogen) atoms. The van der Waals surface area contributed by atoms with E-state index in [1.165, 1.54) is 32.1 Å². The molecule has 0 aromatic heterocycles. The fourth-order valence-corrected chi connectivity index (χ4v) is 2.61. The molecule has 90 valence electrons. The number of amides is 1. The van der Waals surface area contributed by atoms with Crippen LogP contribution in [0.5, 0.6) is 0 Å². The summed E-state index contributed by atoms with van der Waals surface area (Å²) in [5, 5.41) is 8.72. The highest BCUT2D eigenvalue weighted by Gasteiger charge is 2.36. The number of hydrogen-bond donors (Lipinski definition) is 1. The van der Waals surface area contributed by atoms with Crippen molar-refractivity contribution in [2.75, 3.05) is 13.1 Å². The van der Waals surface area contributed by atoms with Gasteiger partial charge in [0.25, 0.3) is 0 Å². The van der Waals surface area contributed by atoms with Crippen molar-refractivity contribution < 1.29 is 14.7 Å². The van der Waals surface area contributed by atoms with Gasteiger partial charge in [0.2, 0.25) is 5.91 Å². The summed E-state index contributed by atoms with van der Waals surface area (Å²) in [7, 11) is 0. The topological polar surface area (TPSA) is 57.6 Å². The largest absolute Gasteiger partial charge is 0.481 e. The predicted octanol–water partition coefficient (Wildman–Crippen LogP) is 1.50. The van der Waals surface area contributed by atoms with E-state index in [0.717, 1.165) is 0 Å². The number of rotatable bonds is 3. The van der Waals surface area contributed by atoms with E-state index in [1.54, 1.807) is 4.90 Å². The van der Waals surface area contributed by atoms with Crippen LogP contribution in [0.2, 0.25) is 0 Å². The Kier molecular flexibility index (Phi) is 3.46. The lowest BCUT2D eigenvalue weighted by Gasteiger charge is -2.37. The summed E-state index contributed by atoms with van der Waals surface area (Å²) in [4.78, 5) is 24.1. The molecule has 0 bridgehead atoms. The minimum Gasteiger partial charge on any atom is -0.481 e. The van der Waals surface area contributed by atoms with Crippen LogP contribution >= 0.6 is 0 Å². The van der Waals surface area contributed by atoms with Gasteiger partial charge in [-0.05, 0) is 18.8 Å². The molecule has 4 nitrogen and oxygen atoms in total. The van der Waals surface area contributed by atoms with Crippen LogP contribution < -0.4 is 0 Å². The summed E-state index contributed by atoms with van der Waals surface area (Å²) >= 11 is 0. The minimum atomic E-state index is -0.776. The fourth-order valence-electron chi connectivity index (χ4n) is 2.61. The highest BCUT2D eigenvalue weighted by atomic mass is 16.4. The van der Waals surface area contributed by atoms with Crippen molar-refractivity contribution in [1.29, 1.82) is 0 Å². The molecule has 2 rings (SSSR count). The predicted molar refractivity (Wildman–Crippen MR) is 58.9 cm³/mol. The number of carbonyl (C=O) groups excluding carboxylic acids is 1. The van der Waals surface area contributed by atoms with E-state index in [1.807, 2.05) is 0 Å². The molecular weight excluding hydrogens is 206 g/mol. The Morgan fingerprint density at radius 3 is 2.31 bits per heavy atom. The van der Waals surface area contributed by atoms with Crippen LogP contribution in [0.3, 0.4) is 0 Å². The lowest BCUT2D eigenvalue weighted by Crippen LogP contribution is -2.53. The normalized spacial score (nSPS) is 22.9. The quantitative estimate of drug-likeness (QED) is 0.791. The van der Waals surface area contributed by atoms with Crippen molar-refractivity contribution in [3.05, 3.63) is 0 Å². The van der Waals surface area contributed by atoms with E-state index in [2.05, 4.69) is 0 Å². The maximum atomic E-state index is 11.8. The molecular formula is C12H19NO3. The molecule has 0 atom stereocenters. The van der Waals surface area contributed by atoms with Gasteiger partial charge in [-0.15, -0.1) is 0 Å². The third-order valence-corrected chi connectivity index (χ3v) is 3.77. The average Bonchev–Trinajstić information content (AvgIpc) is 2.15. The third kappa shape index (κ3) is 2.54. The van der Waals surface area contributed by atoms with E-state index in [9.17, 15) is 9.59 Å². The highest BCUT2D eigenvalue weighted by Crippen LogP contribution is 2.28. The van der Waals surface area contributed by atoms with Gasteiger partial charge >= 0.3 is 5.97 Å². The molecule has 1 amide bonds. The second-order valence-electron chi connectivity index (χ2n) is 5.04. The van der Waals surface area contributed by atoms with Crippen LogP contribution in [0, 0.1) is 11.8 Å². The summed E-state index contributed by atoms with van der Waals surface area (Å²) in [5.74, 6) is -0.397. The van der Waals surface area contributed by atoms with Crippen LogP contribution in [0.4, 0.5) is 0 Å². The van der Waals surface area contributed by atoms with Crippen LogP contribution in [-0.4, -0.2) is 35.0 Å². The van der Waals surface area contributed by atoms with Crippen molar-refractivity contribution >= 4 is 11.9 Å². The van der Waals surface area contributed by atoms with Gasteiger partial charge in [0.1, 0.15) is 0 Å². The highest BCUT2D eigenvalue weighted by molar-refractivity contribution is 5.81. The van der Waals surface area contributed by atoms with Crippen LogP contribution in [0.15, 0.2) is 0 Å². The number of nitrogens with zero attached hydrogens (tertiary/aromatic N) is 1. The van der Waals surface area contributed by atoms with Crippen LogP contribution in [-0.2, 0) is 9.59 Å². The van der Waals surface area contributed by atoms with Crippen molar-refractivity contribution in [3.8, 4) is 0 Å². The Labute approximate surface area is 95.6 Å². The van der Waals surface area contributed by atoms with Gasteiger partial charge in [0.15, 0.2) is 0 Å². The third-order valence-electron chi connectivity index (χ3n) is 3.77. The summed E-state index contributed by atoms with van der Waals surface area (Å²) < 4.78 is 0. The van der Waals surface area contributed by atoms with Crippen molar-refractivity contribution in [3.63, 3.8) is 0 Å². The Hall–Kier alpha value is -1.06. The lowest BCUT2D eigenvalue weighted by molar-refractivity contribution is -0.153. The first kappa shape index (κ1) is 11.4. The summed E-state index contributed by atoms with van der Waals surface area (Å²) in [6.07, 6.45) is 6.76. The second-order valence-corrected chi connectivity index (χ2v) is 5.04. The van der Waals surface area contributed by atoms with Crippen LogP contribution in [0.25, 0.3) is 0 Å². The van der Waals surface area contributed by atoms with E-state index in [-0.39, 0.29) is 11.8 Å². The van der Waals surface area contributed by atoms with Gasteiger partial charge < -0.3 is 10.0 Å². The summed E-state index contributed by atoms with van der Waals surface area (Å²) in [5.41, 5.74) is 0. The number of carboxylic acids is 1. The average molecular weight is 225 g/mol. The van der Waals surface area contributed by atoms with E-state index >= 15 is 0 Å². The van der Waals surface area contributed by atoms with E-state index in [0.29, 0.717) is 25.4 Å². The van der Waals surface area contributed by atoms with Gasteiger partial charge in [-0.25, -0.2) is 0 Å². The van der Waals surface area contributed by atoms with Crippen LogP contribution in [0.1, 0.15) is 38.5 Å². The van der Waals surface area contributed by atoms with Gasteiger partial charge in [0, 0.05) is 19.5 Å². The lowest BCUT2D eigenvalue weighted by atomic mass is 9.86. The molecule has 1 N–H and O–H groups in total. The maximum absolute atomic E-state index is 11.8. The van der Waals surface area contributed by atoms with Crippen molar-refractivity contribution in [2.24, 2.45) is 11.8 Å². The zero-order valence-electron chi connectivity index (χ0n) is 9.52. The molecule has 4 heteroatoms. The van der Waals surface area contributed by atoms with Gasteiger partial charge in [-0.1, -0.05) is 19.3 Å². The van der Waals surface area contributed by atoms with Gasteiger partial charge in [-0.2, -0.15) is 0 Å². The maximum Gasteiger partial charge on any atom is 0.310 e. The Bertz CT molecular complexity index is 278. The molecule has 0 spiro atoms. The summed E-state index contributed by atoms with van der Waals surface area (Å²) in [6.45, 7) is 0.835. The standard InChI is InChI=1S/C12H19NO3/c14-11(6-9-4-2-1-3-5-9)13-7-10(8-13)12(15)16/h9-10H,1-8H2,(H,15,16). The van der Waals surface area contributed by atoms with Gasteiger partial charge in [0.05, 0.1) is 5.92 Å². The molecule has 1 saturated carbocycles. The molecule has 2 aliphatic rings. The van der Waals surface area contributed by atoms with Gasteiger partial charge in [-0.3, -0.25) is 9.59 Å². The number of aliphatic carboxylic acids is 1. The number of likely N-dealkylation sites (tertiary alicyclic amines) is 1. The molecule has 1 aliphatic heterocycles. The van der Waals surface area contributed by atoms with Crippen molar-refractivity contribution in [2.45, 2.75) is 38.5 Å². The zero-order valence-corrected chi connectivity index (χ0v) is 9.52. The molecule has 0 radical (unpaired) electrons. The number of carboxylic acid groups (broad SMARTS) is 1. The molecule has 1 heterocycles. The fraction of sp³-hybridized carbons (Fsp3) is 0.833. The molecule has 1 aliphatic carbocycles. The first-order chi connectivity index (χ1) is 7.66. The van der Waals surface area contributed by atoms with Crippen molar-refractivity contribution in [1.82, 2.24) is 4.90 Å². The second kappa shape index (κ2) is 4.85.